The van der Waals surface area contributed by atoms with Crippen LogP contribution in [0.3, 0.4) is 0 Å². The van der Waals surface area contributed by atoms with E-state index in [-0.39, 0.29) is 42.7 Å². The summed E-state index contributed by atoms with van der Waals surface area (Å²) in [5.41, 5.74) is 0. The van der Waals surface area contributed by atoms with Crippen LogP contribution in [0.25, 0.3) is 0 Å². The van der Waals surface area contributed by atoms with Gasteiger partial charge in [-0.25, -0.2) is 0 Å². The highest BCUT2D eigenvalue weighted by molar-refractivity contribution is 5.70. The zero-order chi connectivity index (χ0) is 52.0. The summed E-state index contributed by atoms with van der Waals surface area (Å²) in [5, 5.41) is 11.7. The van der Waals surface area contributed by atoms with Crippen LogP contribution in [0.5, 0.6) is 0 Å². The third-order valence-corrected chi connectivity index (χ3v) is 14.7. The predicted octanol–water partition coefficient (Wildman–Crippen LogP) is 17.6. The van der Waals surface area contributed by atoms with Gasteiger partial charge >= 0.3 is 11.9 Å². The number of ether oxygens (including phenoxy) is 3. The SMILES string of the molecule is CCCCCCCCCC/C=C\CCCCCCCCCCCCCC(=O)OC(COCCC(C(=O)[O-])[N+](C)(C)C)COC(=O)CCCCCCCCCCCCCCCCCCCCCCCCCC. The number of carboxylic acids is 1. The van der Waals surface area contributed by atoms with Gasteiger partial charge in [-0.3, -0.25) is 9.59 Å². The molecule has 0 heterocycles. The molecule has 8 heteroatoms. The molecule has 420 valence electrons. The zero-order valence-corrected chi connectivity index (χ0v) is 48.2. The Bertz CT molecular complexity index is 1170. The van der Waals surface area contributed by atoms with E-state index in [0.717, 1.165) is 38.5 Å². The molecule has 0 bridgehead atoms. The van der Waals surface area contributed by atoms with Crippen molar-refractivity contribution in [2.45, 2.75) is 334 Å². The number of rotatable bonds is 58. The summed E-state index contributed by atoms with van der Waals surface area (Å²) in [7, 11) is 5.44. The number of hydrogen-bond donors (Lipinski definition) is 0. The van der Waals surface area contributed by atoms with Crippen molar-refractivity contribution in [1.29, 1.82) is 0 Å². The molecule has 0 spiro atoms. The summed E-state index contributed by atoms with van der Waals surface area (Å²) in [6.07, 6.45) is 64.1. The third kappa shape index (κ3) is 52.7. The molecule has 0 amide bonds. The number of carbonyl (C=O) groups is 3. The van der Waals surface area contributed by atoms with Crippen molar-refractivity contribution in [2.24, 2.45) is 0 Å². The number of likely N-dealkylation sites (N-methyl/N-ethyl adjacent to an activating group) is 1. The number of aliphatic carboxylic acids is 1. The lowest BCUT2D eigenvalue weighted by atomic mass is 10.0. The van der Waals surface area contributed by atoms with Crippen molar-refractivity contribution in [3.05, 3.63) is 12.2 Å². The Morgan fingerprint density at radius 1 is 0.408 bits per heavy atom. The fraction of sp³-hybridized carbons (Fsp3) is 0.921. The molecule has 0 aliphatic rings. The molecule has 2 atom stereocenters. The first-order valence-corrected chi connectivity index (χ1v) is 31.2. The van der Waals surface area contributed by atoms with Gasteiger partial charge in [-0.1, -0.05) is 276 Å². The van der Waals surface area contributed by atoms with E-state index in [9.17, 15) is 19.5 Å². The Balaban J connectivity index is 4.07. The van der Waals surface area contributed by atoms with Crippen LogP contribution in [0.1, 0.15) is 322 Å². The lowest BCUT2D eigenvalue weighted by Crippen LogP contribution is -2.55. The maximum absolute atomic E-state index is 12.9. The smallest absolute Gasteiger partial charge is 0.306 e. The minimum atomic E-state index is -1.12. The molecule has 0 radical (unpaired) electrons. The largest absolute Gasteiger partial charge is 0.544 e. The van der Waals surface area contributed by atoms with Crippen LogP contribution in [0, 0.1) is 0 Å². The van der Waals surface area contributed by atoms with Crippen molar-refractivity contribution >= 4 is 17.9 Å². The molecule has 0 aliphatic carbocycles. The summed E-state index contributed by atoms with van der Waals surface area (Å²) in [4.78, 5) is 37.2. The Hall–Kier alpha value is -1.93. The quantitative estimate of drug-likeness (QED) is 0.0259. The van der Waals surface area contributed by atoms with Crippen molar-refractivity contribution in [1.82, 2.24) is 0 Å². The van der Waals surface area contributed by atoms with Gasteiger partial charge in [0.1, 0.15) is 12.6 Å². The van der Waals surface area contributed by atoms with Crippen LogP contribution in [0.15, 0.2) is 12.2 Å². The number of carboxylic acid groups (broad SMARTS) is 1. The van der Waals surface area contributed by atoms with E-state index in [1.54, 1.807) is 0 Å². The van der Waals surface area contributed by atoms with Gasteiger partial charge < -0.3 is 28.6 Å². The predicted molar refractivity (Wildman–Crippen MR) is 301 cm³/mol. The summed E-state index contributed by atoms with van der Waals surface area (Å²) in [6, 6.07) is -0.723. The van der Waals surface area contributed by atoms with E-state index in [4.69, 9.17) is 14.2 Å². The first-order chi connectivity index (χ1) is 34.6. The fourth-order valence-corrected chi connectivity index (χ4v) is 9.84. The average Bonchev–Trinajstić information content (AvgIpc) is 3.34. The van der Waals surface area contributed by atoms with Crippen LogP contribution in [-0.2, 0) is 28.6 Å². The fourth-order valence-electron chi connectivity index (χ4n) is 9.84. The van der Waals surface area contributed by atoms with Crippen molar-refractivity contribution in [2.75, 3.05) is 41.0 Å². The van der Waals surface area contributed by atoms with Crippen LogP contribution < -0.4 is 5.11 Å². The highest BCUT2D eigenvalue weighted by atomic mass is 16.6. The second-order valence-electron chi connectivity index (χ2n) is 22.7. The van der Waals surface area contributed by atoms with Crippen molar-refractivity contribution in [3.8, 4) is 0 Å². The monoisotopic (exact) mass is 1000 g/mol. The van der Waals surface area contributed by atoms with Gasteiger partial charge in [0.05, 0.1) is 40.3 Å². The summed E-state index contributed by atoms with van der Waals surface area (Å²) in [6.45, 7) is 4.74. The number of carbonyl (C=O) groups excluding carboxylic acids is 3. The number of allylic oxidation sites excluding steroid dienone is 2. The molecule has 0 aliphatic heterocycles. The van der Waals surface area contributed by atoms with E-state index in [0.29, 0.717) is 12.8 Å². The van der Waals surface area contributed by atoms with Gasteiger partial charge in [0.15, 0.2) is 6.10 Å². The van der Waals surface area contributed by atoms with Gasteiger partial charge in [-0.2, -0.15) is 0 Å². The maximum Gasteiger partial charge on any atom is 0.306 e. The van der Waals surface area contributed by atoms with Crippen molar-refractivity contribution < 1.29 is 38.2 Å². The molecule has 0 aromatic heterocycles. The first kappa shape index (κ1) is 69.1. The van der Waals surface area contributed by atoms with E-state index < -0.39 is 18.1 Å². The minimum Gasteiger partial charge on any atom is -0.544 e. The molecule has 0 aromatic carbocycles. The maximum atomic E-state index is 12.9. The van der Waals surface area contributed by atoms with Gasteiger partial charge in [-0.05, 0) is 38.5 Å². The zero-order valence-electron chi connectivity index (χ0n) is 48.2. The van der Waals surface area contributed by atoms with E-state index in [2.05, 4.69) is 26.0 Å². The molecular formula is C63H121NO7. The van der Waals surface area contributed by atoms with Gasteiger partial charge in [0, 0.05) is 19.3 Å². The van der Waals surface area contributed by atoms with E-state index in [1.165, 1.54) is 250 Å². The number of esters is 2. The van der Waals surface area contributed by atoms with Crippen LogP contribution >= 0.6 is 0 Å². The number of unbranched alkanes of at least 4 members (excludes halogenated alkanes) is 42. The standard InChI is InChI=1S/C63H121NO7/c1-6-8-10-12-14-16-18-20-22-24-26-28-30-32-33-35-37-39-41-43-45-47-49-51-53-61(65)70-58-59(57-69-56-55-60(63(67)68)64(3,4)5)71-62(66)54-52-50-48-46-44-42-40-38-36-34-31-29-27-25-23-21-19-17-15-13-11-9-7-2/h25,27,59-60H,6-24,26,28-58H2,1-5H3/b27-25-. The Labute approximate surface area is 441 Å². The summed E-state index contributed by atoms with van der Waals surface area (Å²) in [5.74, 6) is -1.70. The van der Waals surface area contributed by atoms with E-state index in [1.807, 2.05) is 21.1 Å². The molecule has 0 saturated heterocycles. The highest BCUT2D eigenvalue weighted by Gasteiger charge is 2.25. The van der Waals surface area contributed by atoms with Crippen molar-refractivity contribution in [3.63, 3.8) is 0 Å². The van der Waals surface area contributed by atoms with E-state index >= 15 is 0 Å². The van der Waals surface area contributed by atoms with Gasteiger partial charge in [-0.15, -0.1) is 0 Å². The first-order valence-electron chi connectivity index (χ1n) is 31.2. The highest BCUT2D eigenvalue weighted by Crippen LogP contribution is 2.18. The normalized spacial score (nSPS) is 12.7. The third-order valence-electron chi connectivity index (χ3n) is 14.7. The molecule has 2 unspecified atom stereocenters. The lowest BCUT2D eigenvalue weighted by molar-refractivity contribution is -0.889. The number of nitrogens with zero attached hydrogens (tertiary/aromatic N) is 1. The van der Waals surface area contributed by atoms with Gasteiger partial charge in [0.25, 0.3) is 0 Å². The Kier molecular flexibility index (Phi) is 52.9. The minimum absolute atomic E-state index is 0.0475. The molecule has 0 saturated carbocycles. The number of quaternary nitrogens is 1. The molecule has 0 N–H and O–H groups in total. The lowest BCUT2D eigenvalue weighted by Gasteiger charge is -2.34. The molecular weight excluding hydrogens is 883 g/mol. The topological polar surface area (TPSA) is 102 Å². The molecule has 8 nitrogen and oxygen atoms in total. The van der Waals surface area contributed by atoms with Crippen LogP contribution in [0.2, 0.25) is 0 Å². The average molecular weight is 1000 g/mol. The summed E-state index contributed by atoms with van der Waals surface area (Å²) >= 11 is 0. The second kappa shape index (κ2) is 54.3. The Morgan fingerprint density at radius 2 is 0.704 bits per heavy atom. The molecule has 0 rings (SSSR count). The second-order valence-corrected chi connectivity index (χ2v) is 22.7. The van der Waals surface area contributed by atoms with Crippen LogP contribution in [-0.4, -0.2) is 75.5 Å². The number of hydrogen-bond acceptors (Lipinski definition) is 7. The Morgan fingerprint density at radius 3 is 1.01 bits per heavy atom. The summed E-state index contributed by atoms with van der Waals surface area (Å²) < 4.78 is 17.4. The molecule has 0 fully saturated rings. The molecule has 0 aromatic rings. The van der Waals surface area contributed by atoms with Gasteiger partial charge in [0.2, 0.25) is 0 Å². The van der Waals surface area contributed by atoms with Crippen LogP contribution in [0.4, 0.5) is 0 Å². The molecule has 71 heavy (non-hydrogen) atoms.